The van der Waals surface area contributed by atoms with Gasteiger partial charge in [0, 0.05) is 24.8 Å². The molecule has 0 bridgehead atoms. The minimum Gasteiger partial charge on any atom is -0.550 e. The maximum Gasteiger partial charge on any atom is 0.114 e. The Balaban J connectivity index is 0. The van der Waals surface area contributed by atoms with Crippen LogP contribution in [0.4, 0.5) is 0 Å². The summed E-state index contributed by atoms with van der Waals surface area (Å²) in [5.41, 5.74) is -2.97. The van der Waals surface area contributed by atoms with Crippen molar-refractivity contribution in [3.63, 3.8) is 0 Å². The molecule has 0 aromatic rings. The van der Waals surface area contributed by atoms with E-state index in [1.165, 1.54) is 0 Å². The van der Waals surface area contributed by atoms with Crippen molar-refractivity contribution in [1.82, 2.24) is 0 Å². The van der Waals surface area contributed by atoms with Crippen LogP contribution in [0.3, 0.4) is 0 Å². The Morgan fingerprint density at radius 2 is 1.29 bits per heavy atom. The summed E-state index contributed by atoms with van der Waals surface area (Å²) in [5.74, 6) is -5.98. The number of carbonyl (C=O) groups excluding carboxylic acids is 3. The van der Waals surface area contributed by atoms with Crippen molar-refractivity contribution in [3.8, 4) is 0 Å². The number of hydrogen-bond donors (Lipinski definition) is 1. The highest BCUT2D eigenvalue weighted by Gasteiger charge is 2.29. The van der Waals surface area contributed by atoms with E-state index in [4.69, 9.17) is 5.11 Å². The second-order valence-corrected chi connectivity index (χ2v) is 2.42. The predicted molar refractivity (Wildman–Crippen MR) is 35.9 cm³/mol. The van der Waals surface area contributed by atoms with Gasteiger partial charge in [0.25, 0.3) is 0 Å². The van der Waals surface area contributed by atoms with Gasteiger partial charge >= 0.3 is 0 Å². The first-order chi connectivity index (χ1) is 5.78. The summed E-state index contributed by atoms with van der Waals surface area (Å²) < 4.78 is 0. The molecule has 82 valence electrons. The smallest absolute Gasteiger partial charge is 0.114 e. The molecule has 1 N–H and O–H groups in total. The molecule has 0 aromatic heterocycles. The lowest BCUT2D eigenvalue weighted by molar-refractivity contribution is -0.339. The standard InChI is InChI=1S/C6H8O7.CH4/c7-3(8)1-6(13,5(11)12)2-4(9)10;/h13H,1-2H2,(H,7,8)(H,9,10)(H,11,12);1H4/p-3. The number of hydrogen-bond acceptors (Lipinski definition) is 7. The largest absolute Gasteiger partial charge is 0.550 e. The monoisotopic (exact) mass is 205 g/mol. The van der Waals surface area contributed by atoms with E-state index in [1.54, 1.807) is 0 Å². The van der Waals surface area contributed by atoms with Crippen LogP contribution in [0.15, 0.2) is 0 Å². The summed E-state index contributed by atoms with van der Waals surface area (Å²) in [5, 5.41) is 38.9. The summed E-state index contributed by atoms with van der Waals surface area (Å²) in [4.78, 5) is 30.0. The number of aliphatic carboxylic acids is 3. The van der Waals surface area contributed by atoms with Crippen molar-refractivity contribution in [1.29, 1.82) is 0 Å². The highest BCUT2D eigenvalue weighted by molar-refractivity contribution is 5.86. The fraction of sp³-hybridized carbons (Fsp3) is 0.571. The van der Waals surface area contributed by atoms with Gasteiger partial charge in [-0.25, -0.2) is 0 Å². The lowest BCUT2D eigenvalue weighted by Crippen LogP contribution is -2.54. The van der Waals surface area contributed by atoms with Crippen LogP contribution in [-0.4, -0.2) is 28.6 Å². The molecule has 0 heterocycles. The van der Waals surface area contributed by atoms with Gasteiger partial charge in [0.2, 0.25) is 0 Å². The Morgan fingerprint density at radius 1 is 1.00 bits per heavy atom. The lowest BCUT2D eigenvalue weighted by Gasteiger charge is -2.29. The maximum atomic E-state index is 10.1. The van der Waals surface area contributed by atoms with Crippen LogP contribution in [0.5, 0.6) is 0 Å². The lowest BCUT2D eigenvalue weighted by atomic mass is 9.96. The molecule has 0 rings (SSSR count). The Kier molecular flexibility index (Phi) is 5.50. The van der Waals surface area contributed by atoms with Gasteiger partial charge in [-0.3, -0.25) is 0 Å². The molecule has 7 nitrogen and oxygen atoms in total. The van der Waals surface area contributed by atoms with Crippen molar-refractivity contribution in [3.05, 3.63) is 0 Å². The van der Waals surface area contributed by atoms with Crippen LogP contribution in [0.1, 0.15) is 20.3 Å². The normalized spacial score (nSPS) is 10.1. The molecule has 0 spiro atoms. The molecule has 7 heteroatoms. The van der Waals surface area contributed by atoms with Gasteiger partial charge in [0.05, 0.1) is 5.97 Å². The van der Waals surface area contributed by atoms with Crippen molar-refractivity contribution in [2.24, 2.45) is 0 Å². The number of rotatable bonds is 5. The number of carboxylic acids is 3. The summed E-state index contributed by atoms with van der Waals surface area (Å²) in [6.45, 7) is 0. The molecule has 0 atom stereocenters. The average Bonchev–Trinajstić information content (AvgIpc) is 1.82. The van der Waals surface area contributed by atoms with Crippen molar-refractivity contribution in [2.75, 3.05) is 0 Å². The third kappa shape index (κ3) is 4.41. The van der Waals surface area contributed by atoms with Crippen LogP contribution in [0.25, 0.3) is 0 Å². The molecular formula is C7H9O7-3. The number of carboxylic acid groups (broad SMARTS) is 3. The average molecular weight is 205 g/mol. The van der Waals surface area contributed by atoms with Gasteiger partial charge in [0.15, 0.2) is 0 Å². The van der Waals surface area contributed by atoms with Crippen LogP contribution in [-0.2, 0) is 14.4 Å². The van der Waals surface area contributed by atoms with Crippen molar-refractivity contribution in [2.45, 2.75) is 25.9 Å². The molecule has 0 radical (unpaired) electrons. The Bertz CT molecular complexity index is 228. The minimum absolute atomic E-state index is 0. The highest BCUT2D eigenvalue weighted by Crippen LogP contribution is 2.13. The van der Waals surface area contributed by atoms with Crippen molar-refractivity contribution < 1.29 is 34.8 Å². The Labute approximate surface area is 79.6 Å². The molecule has 0 unspecified atom stereocenters. The zero-order valence-electron chi connectivity index (χ0n) is 6.31. The molecule has 0 aromatic carbocycles. The van der Waals surface area contributed by atoms with Crippen LogP contribution >= 0.6 is 0 Å². The number of aliphatic hydroxyl groups is 1. The van der Waals surface area contributed by atoms with Crippen LogP contribution in [0.2, 0.25) is 0 Å². The molecule has 14 heavy (non-hydrogen) atoms. The third-order valence-electron chi connectivity index (χ3n) is 1.25. The molecule has 0 fully saturated rings. The van der Waals surface area contributed by atoms with E-state index in [0.29, 0.717) is 0 Å². The van der Waals surface area contributed by atoms with Gasteiger partial charge in [-0.2, -0.15) is 0 Å². The van der Waals surface area contributed by atoms with E-state index in [1.807, 2.05) is 0 Å². The van der Waals surface area contributed by atoms with Crippen LogP contribution < -0.4 is 15.3 Å². The molecule has 0 aliphatic carbocycles. The minimum atomic E-state index is -2.97. The maximum absolute atomic E-state index is 10.1. The van der Waals surface area contributed by atoms with Crippen LogP contribution in [0, 0.1) is 0 Å². The van der Waals surface area contributed by atoms with E-state index >= 15 is 0 Å². The molecule has 0 amide bonds. The van der Waals surface area contributed by atoms with E-state index in [9.17, 15) is 29.7 Å². The van der Waals surface area contributed by atoms with E-state index < -0.39 is 36.4 Å². The Hall–Kier alpha value is -1.63. The molecule has 0 aliphatic heterocycles. The number of carbonyl (C=O) groups is 3. The molecule has 0 saturated heterocycles. The fourth-order valence-electron chi connectivity index (χ4n) is 0.684. The first kappa shape index (κ1) is 14.9. The SMILES string of the molecule is C.O=C([O-])CC(O)(CC(=O)[O-])C(=O)[O-]. The summed E-state index contributed by atoms with van der Waals surface area (Å²) in [7, 11) is 0. The zero-order valence-corrected chi connectivity index (χ0v) is 6.31. The molecule has 0 aliphatic rings. The van der Waals surface area contributed by atoms with Gasteiger partial charge in [0.1, 0.15) is 5.60 Å². The second kappa shape index (κ2) is 5.18. The Morgan fingerprint density at radius 3 is 1.43 bits per heavy atom. The van der Waals surface area contributed by atoms with Gasteiger partial charge in [-0.15, -0.1) is 0 Å². The topological polar surface area (TPSA) is 141 Å². The van der Waals surface area contributed by atoms with Gasteiger partial charge in [-0.1, -0.05) is 7.43 Å². The fourth-order valence-corrected chi connectivity index (χ4v) is 0.684. The van der Waals surface area contributed by atoms with Gasteiger partial charge < -0.3 is 34.8 Å². The highest BCUT2D eigenvalue weighted by atomic mass is 16.4. The quantitative estimate of drug-likeness (QED) is 0.475. The third-order valence-corrected chi connectivity index (χ3v) is 1.25. The van der Waals surface area contributed by atoms with E-state index in [2.05, 4.69) is 0 Å². The first-order valence-corrected chi connectivity index (χ1v) is 3.11. The zero-order chi connectivity index (χ0) is 10.6. The van der Waals surface area contributed by atoms with Gasteiger partial charge in [-0.05, 0) is 0 Å². The molecular weight excluding hydrogens is 196 g/mol. The predicted octanol–water partition coefficient (Wildman–Crippen LogP) is -4.62. The van der Waals surface area contributed by atoms with E-state index in [-0.39, 0.29) is 7.43 Å². The van der Waals surface area contributed by atoms with E-state index in [0.717, 1.165) is 0 Å². The first-order valence-electron chi connectivity index (χ1n) is 3.11. The summed E-state index contributed by atoms with van der Waals surface area (Å²) in [6, 6.07) is 0. The second-order valence-electron chi connectivity index (χ2n) is 2.42. The van der Waals surface area contributed by atoms with Crippen molar-refractivity contribution >= 4 is 17.9 Å². The summed E-state index contributed by atoms with van der Waals surface area (Å²) >= 11 is 0. The molecule has 0 saturated carbocycles. The summed E-state index contributed by atoms with van der Waals surface area (Å²) in [6.07, 6.45) is -2.72.